The molecule has 0 bridgehead atoms. The molecule has 0 spiro atoms. The molecular formula is C28H38N2O6. The third kappa shape index (κ3) is 10.5. The van der Waals surface area contributed by atoms with Gasteiger partial charge in [-0.25, -0.2) is 9.59 Å². The van der Waals surface area contributed by atoms with Crippen LogP contribution in [0, 0.1) is 5.92 Å². The maximum absolute atomic E-state index is 13.1. The molecule has 2 aromatic carbocycles. The summed E-state index contributed by atoms with van der Waals surface area (Å²) in [5.41, 5.74) is 0.885. The highest BCUT2D eigenvalue weighted by molar-refractivity contribution is 5.87. The van der Waals surface area contributed by atoms with Crippen molar-refractivity contribution in [2.24, 2.45) is 5.92 Å². The first kappa shape index (κ1) is 28.8. The van der Waals surface area contributed by atoms with Crippen molar-refractivity contribution in [2.75, 3.05) is 0 Å². The van der Waals surface area contributed by atoms with Gasteiger partial charge in [0.1, 0.15) is 18.2 Å². The number of benzene rings is 2. The average Bonchev–Trinajstić information content (AvgIpc) is 2.81. The molecule has 8 nitrogen and oxygen atoms in total. The quantitative estimate of drug-likeness (QED) is 0.407. The average molecular weight is 499 g/mol. The zero-order chi connectivity index (χ0) is 26.7. The number of hydrogen-bond acceptors (Lipinski definition) is 6. The zero-order valence-electron chi connectivity index (χ0n) is 21.7. The van der Waals surface area contributed by atoms with Crippen molar-refractivity contribution < 1.29 is 29.0 Å². The van der Waals surface area contributed by atoms with Gasteiger partial charge in [-0.2, -0.15) is 0 Å². The fourth-order valence-corrected chi connectivity index (χ4v) is 3.52. The standard InChI is InChI=1S/C28H38N2O6/c1-19(2)16-23(26(33)35-18-21-14-10-7-11-15-21)29-25(32)24(31)22(17-20-12-8-6-9-13-20)30-27(34)36-28(3,4)5/h6-15,19,22-24,31H,16-18H2,1-5H3,(H,29,32)(H,30,34). The van der Waals surface area contributed by atoms with Crippen molar-refractivity contribution >= 4 is 18.0 Å². The second-order valence-electron chi connectivity index (χ2n) is 10.2. The molecule has 3 atom stereocenters. The van der Waals surface area contributed by atoms with Gasteiger partial charge in [0.15, 0.2) is 6.10 Å². The van der Waals surface area contributed by atoms with Crippen LogP contribution in [0.2, 0.25) is 0 Å². The van der Waals surface area contributed by atoms with E-state index in [-0.39, 0.29) is 18.9 Å². The molecule has 0 saturated heterocycles. The van der Waals surface area contributed by atoms with E-state index in [0.717, 1.165) is 11.1 Å². The minimum absolute atomic E-state index is 0.0729. The molecule has 0 aromatic heterocycles. The van der Waals surface area contributed by atoms with Crippen molar-refractivity contribution in [3.05, 3.63) is 71.8 Å². The Morgan fingerprint density at radius 3 is 1.97 bits per heavy atom. The van der Waals surface area contributed by atoms with Crippen LogP contribution >= 0.6 is 0 Å². The van der Waals surface area contributed by atoms with Crippen molar-refractivity contribution in [1.29, 1.82) is 0 Å². The Morgan fingerprint density at radius 1 is 0.889 bits per heavy atom. The fourth-order valence-electron chi connectivity index (χ4n) is 3.52. The lowest BCUT2D eigenvalue weighted by Crippen LogP contribution is -2.55. The Bertz CT molecular complexity index is 973. The summed E-state index contributed by atoms with van der Waals surface area (Å²) >= 11 is 0. The molecule has 0 fully saturated rings. The summed E-state index contributed by atoms with van der Waals surface area (Å²) in [5, 5.41) is 16.1. The molecule has 2 amide bonds. The number of alkyl carbamates (subject to hydrolysis) is 1. The molecule has 36 heavy (non-hydrogen) atoms. The maximum atomic E-state index is 13.1. The SMILES string of the molecule is CC(C)CC(NC(=O)C(O)C(Cc1ccccc1)NC(=O)OC(C)(C)C)C(=O)OCc1ccccc1. The molecule has 0 heterocycles. The van der Waals surface area contributed by atoms with Gasteiger partial charge in [0.2, 0.25) is 0 Å². The first-order valence-corrected chi connectivity index (χ1v) is 12.2. The van der Waals surface area contributed by atoms with Crippen LogP contribution in [0.4, 0.5) is 4.79 Å². The van der Waals surface area contributed by atoms with E-state index in [2.05, 4.69) is 10.6 Å². The van der Waals surface area contributed by atoms with Gasteiger partial charge in [-0.1, -0.05) is 74.5 Å². The second-order valence-corrected chi connectivity index (χ2v) is 10.2. The lowest BCUT2D eigenvalue weighted by Gasteiger charge is -2.27. The molecule has 3 unspecified atom stereocenters. The molecule has 0 aliphatic heterocycles. The molecular weight excluding hydrogens is 460 g/mol. The monoisotopic (exact) mass is 498 g/mol. The molecule has 2 aromatic rings. The van der Waals surface area contributed by atoms with Crippen molar-refractivity contribution in [2.45, 2.75) is 77.9 Å². The van der Waals surface area contributed by atoms with E-state index in [9.17, 15) is 19.5 Å². The number of nitrogens with one attached hydrogen (secondary N) is 2. The third-order valence-corrected chi connectivity index (χ3v) is 5.18. The number of hydrogen-bond donors (Lipinski definition) is 3. The first-order chi connectivity index (χ1) is 16.9. The van der Waals surface area contributed by atoms with Crippen LogP contribution < -0.4 is 10.6 Å². The maximum Gasteiger partial charge on any atom is 0.407 e. The highest BCUT2D eigenvalue weighted by Gasteiger charge is 2.33. The summed E-state index contributed by atoms with van der Waals surface area (Å²) in [4.78, 5) is 38.3. The number of aliphatic hydroxyl groups is 1. The van der Waals surface area contributed by atoms with Crippen LogP contribution in [0.25, 0.3) is 0 Å². The molecule has 2 rings (SSSR count). The predicted molar refractivity (Wildman–Crippen MR) is 137 cm³/mol. The van der Waals surface area contributed by atoms with Crippen molar-refractivity contribution in [3.8, 4) is 0 Å². The molecule has 0 aliphatic carbocycles. The minimum Gasteiger partial charge on any atom is -0.459 e. The van der Waals surface area contributed by atoms with E-state index >= 15 is 0 Å². The van der Waals surface area contributed by atoms with Crippen LogP contribution in [0.1, 0.15) is 52.2 Å². The van der Waals surface area contributed by atoms with E-state index in [1.807, 2.05) is 74.5 Å². The summed E-state index contributed by atoms with van der Waals surface area (Å²) < 4.78 is 10.7. The highest BCUT2D eigenvalue weighted by Crippen LogP contribution is 2.13. The van der Waals surface area contributed by atoms with E-state index in [1.54, 1.807) is 20.8 Å². The van der Waals surface area contributed by atoms with E-state index in [4.69, 9.17) is 9.47 Å². The Balaban J connectivity index is 2.12. The van der Waals surface area contributed by atoms with Crippen molar-refractivity contribution in [3.63, 3.8) is 0 Å². The summed E-state index contributed by atoms with van der Waals surface area (Å²) in [7, 11) is 0. The van der Waals surface area contributed by atoms with E-state index < -0.39 is 41.8 Å². The summed E-state index contributed by atoms with van der Waals surface area (Å²) in [6, 6.07) is 16.5. The van der Waals surface area contributed by atoms with Gasteiger partial charge in [-0.15, -0.1) is 0 Å². The molecule has 0 radical (unpaired) electrons. The van der Waals surface area contributed by atoms with Crippen LogP contribution in [-0.4, -0.2) is 46.9 Å². The Morgan fingerprint density at radius 2 is 1.44 bits per heavy atom. The molecule has 8 heteroatoms. The number of carbonyl (C=O) groups is 3. The number of amides is 2. The largest absolute Gasteiger partial charge is 0.459 e. The minimum atomic E-state index is -1.63. The third-order valence-electron chi connectivity index (χ3n) is 5.18. The van der Waals surface area contributed by atoms with Crippen LogP contribution in [0.15, 0.2) is 60.7 Å². The smallest absolute Gasteiger partial charge is 0.407 e. The fraction of sp³-hybridized carbons (Fsp3) is 0.464. The van der Waals surface area contributed by atoms with E-state index in [1.165, 1.54) is 0 Å². The number of aliphatic hydroxyl groups excluding tert-OH is 1. The van der Waals surface area contributed by atoms with Crippen molar-refractivity contribution in [1.82, 2.24) is 10.6 Å². The zero-order valence-corrected chi connectivity index (χ0v) is 21.7. The van der Waals surface area contributed by atoms with Gasteiger partial charge in [-0.05, 0) is 50.7 Å². The number of carbonyl (C=O) groups excluding carboxylic acids is 3. The molecule has 3 N–H and O–H groups in total. The highest BCUT2D eigenvalue weighted by atomic mass is 16.6. The topological polar surface area (TPSA) is 114 Å². The second kappa shape index (κ2) is 13.6. The normalized spacial score (nSPS) is 13.9. The van der Waals surface area contributed by atoms with E-state index in [0.29, 0.717) is 6.42 Å². The summed E-state index contributed by atoms with van der Waals surface area (Å²) in [6.45, 7) is 9.08. The lowest BCUT2D eigenvalue weighted by atomic mass is 9.99. The van der Waals surface area contributed by atoms with Gasteiger partial charge in [0.25, 0.3) is 5.91 Å². The molecule has 0 saturated carbocycles. The van der Waals surface area contributed by atoms with Crippen LogP contribution in [0.5, 0.6) is 0 Å². The lowest BCUT2D eigenvalue weighted by molar-refractivity contribution is -0.150. The Hall–Kier alpha value is -3.39. The van der Waals surface area contributed by atoms with Crippen LogP contribution in [0.3, 0.4) is 0 Å². The van der Waals surface area contributed by atoms with Gasteiger partial charge < -0.3 is 25.2 Å². The summed E-state index contributed by atoms with van der Waals surface area (Å²) in [5.74, 6) is -1.29. The van der Waals surface area contributed by atoms with Crippen LogP contribution in [-0.2, 0) is 32.1 Å². The summed E-state index contributed by atoms with van der Waals surface area (Å²) in [6.07, 6.45) is -1.87. The van der Waals surface area contributed by atoms with Gasteiger partial charge >= 0.3 is 12.1 Å². The number of esters is 1. The Labute approximate surface area is 213 Å². The predicted octanol–water partition coefficient (Wildman–Crippen LogP) is 3.76. The van der Waals surface area contributed by atoms with Gasteiger partial charge in [-0.3, -0.25) is 4.79 Å². The first-order valence-electron chi connectivity index (χ1n) is 12.2. The molecule has 0 aliphatic rings. The van der Waals surface area contributed by atoms with Gasteiger partial charge in [0, 0.05) is 0 Å². The van der Waals surface area contributed by atoms with Gasteiger partial charge in [0.05, 0.1) is 6.04 Å². The number of rotatable bonds is 11. The molecule has 196 valence electrons. The number of ether oxygens (including phenoxy) is 2. The Kier molecular flexibility index (Phi) is 10.9.